The molecule has 2 aromatic rings. The van der Waals surface area contributed by atoms with Crippen LogP contribution in [0.3, 0.4) is 0 Å². The highest BCUT2D eigenvalue weighted by molar-refractivity contribution is 5.88. The van der Waals surface area contributed by atoms with Crippen molar-refractivity contribution in [3.05, 3.63) is 71.8 Å². The number of benzene rings is 2. The van der Waals surface area contributed by atoms with Crippen molar-refractivity contribution in [2.24, 2.45) is 11.7 Å². The van der Waals surface area contributed by atoms with Crippen LogP contribution in [-0.2, 0) is 9.59 Å². The highest BCUT2D eigenvalue weighted by atomic mass is 16.2. The lowest BCUT2D eigenvalue weighted by Crippen LogP contribution is -2.58. The first kappa shape index (κ1) is 23.0. The third kappa shape index (κ3) is 5.71. The normalized spacial score (nSPS) is 16.6. The van der Waals surface area contributed by atoms with Crippen LogP contribution in [0.1, 0.15) is 43.9 Å². The zero-order valence-electron chi connectivity index (χ0n) is 18.7. The fraction of sp³-hybridized carbons (Fsp3) is 0.440. The van der Waals surface area contributed by atoms with Crippen molar-refractivity contribution in [1.29, 1.82) is 0 Å². The van der Waals surface area contributed by atoms with E-state index in [0.717, 1.165) is 24.1 Å². The second kappa shape index (κ2) is 10.6. The summed E-state index contributed by atoms with van der Waals surface area (Å²) in [5, 5.41) is 3.25. The van der Waals surface area contributed by atoms with E-state index in [1.54, 1.807) is 16.8 Å². The summed E-state index contributed by atoms with van der Waals surface area (Å²) in [5.41, 5.74) is 8.24. The summed E-state index contributed by atoms with van der Waals surface area (Å²) < 4.78 is 0. The molecular formula is C25H34N4O2. The summed E-state index contributed by atoms with van der Waals surface area (Å²) in [6.07, 6.45) is 1.52. The van der Waals surface area contributed by atoms with Gasteiger partial charge in [-0.3, -0.25) is 14.9 Å². The average molecular weight is 423 g/mol. The van der Waals surface area contributed by atoms with Crippen molar-refractivity contribution in [1.82, 2.24) is 15.1 Å². The van der Waals surface area contributed by atoms with E-state index in [1.807, 2.05) is 74.5 Å². The third-order valence-corrected chi connectivity index (χ3v) is 5.83. The molecule has 2 amide bonds. The Balaban J connectivity index is 1.98. The number of amides is 2. The maximum atomic E-state index is 13.6. The lowest BCUT2D eigenvalue weighted by atomic mass is 9.95. The first-order valence-corrected chi connectivity index (χ1v) is 11.0. The molecule has 1 aliphatic heterocycles. The Morgan fingerprint density at radius 2 is 1.55 bits per heavy atom. The van der Waals surface area contributed by atoms with E-state index >= 15 is 0 Å². The van der Waals surface area contributed by atoms with Gasteiger partial charge in [-0.05, 0) is 29.9 Å². The van der Waals surface area contributed by atoms with Crippen molar-refractivity contribution in [3.63, 3.8) is 0 Å². The predicted molar refractivity (Wildman–Crippen MR) is 123 cm³/mol. The zero-order valence-corrected chi connectivity index (χ0v) is 18.7. The highest BCUT2D eigenvalue weighted by Crippen LogP contribution is 2.30. The monoisotopic (exact) mass is 422 g/mol. The number of hydrogen-bond acceptors (Lipinski definition) is 4. The number of likely N-dealkylation sites (N-methyl/N-ethyl adjacent to an activating group) is 1. The van der Waals surface area contributed by atoms with E-state index in [0.29, 0.717) is 6.42 Å². The fourth-order valence-electron chi connectivity index (χ4n) is 3.98. The molecule has 1 heterocycles. The molecule has 0 radical (unpaired) electrons. The van der Waals surface area contributed by atoms with Crippen LogP contribution in [0.25, 0.3) is 0 Å². The Morgan fingerprint density at radius 1 is 1.03 bits per heavy atom. The molecule has 31 heavy (non-hydrogen) atoms. The average Bonchev–Trinajstić information content (AvgIpc) is 2.72. The topological polar surface area (TPSA) is 78.7 Å². The van der Waals surface area contributed by atoms with E-state index in [1.165, 1.54) is 0 Å². The fourth-order valence-corrected chi connectivity index (χ4v) is 3.98. The van der Waals surface area contributed by atoms with Crippen LogP contribution >= 0.6 is 0 Å². The van der Waals surface area contributed by atoms with Gasteiger partial charge < -0.3 is 15.5 Å². The first-order valence-electron chi connectivity index (χ1n) is 11.0. The van der Waals surface area contributed by atoms with Crippen LogP contribution in [0.2, 0.25) is 0 Å². The van der Waals surface area contributed by atoms with Crippen LogP contribution in [0.4, 0.5) is 0 Å². The Morgan fingerprint density at radius 3 is 1.97 bits per heavy atom. The molecule has 6 nitrogen and oxygen atoms in total. The van der Waals surface area contributed by atoms with Crippen molar-refractivity contribution in [2.75, 3.05) is 20.1 Å². The Kier molecular flexibility index (Phi) is 7.82. The minimum Gasteiger partial charge on any atom is -0.329 e. The van der Waals surface area contributed by atoms with Gasteiger partial charge in [-0.15, -0.1) is 0 Å². The quantitative estimate of drug-likeness (QED) is 0.651. The zero-order chi connectivity index (χ0) is 22.4. The summed E-state index contributed by atoms with van der Waals surface area (Å²) in [6.45, 7) is 4.98. The van der Waals surface area contributed by atoms with Gasteiger partial charge in [-0.25, -0.2) is 0 Å². The lowest BCUT2D eigenvalue weighted by molar-refractivity contribution is -0.144. The second-order valence-corrected chi connectivity index (χ2v) is 8.69. The molecule has 1 unspecified atom stereocenters. The van der Waals surface area contributed by atoms with Gasteiger partial charge in [0.1, 0.15) is 6.54 Å². The van der Waals surface area contributed by atoms with Crippen LogP contribution < -0.4 is 11.1 Å². The minimum atomic E-state index is -0.658. The van der Waals surface area contributed by atoms with Gasteiger partial charge in [0.05, 0.1) is 18.2 Å². The number of carbonyl (C=O) groups excluding carboxylic acids is 2. The van der Waals surface area contributed by atoms with E-state index in [2.05, 4.69) is 5.32 Å². The molecule has 0 saturated carbocycles. The van der Waals surface area contributed by atoms with E-state index in [9.17, 15) is 9.59 Å². The first-order chi connectivity index (χ1) is 14.9. The van der Waals surface area contributed by atoms with Crippen molar-refractivity contribution < 1.29 is 9.59 Å². The molecule has 1 saturated heterocycles. The molecule has 0 spiro atoms. The SMILES string of the molecule is CC(C)C[C@H](N)C(=O)N(CC(=O)N(C)C1CCN1)C(c1ccccc1)c1ccccc1. The summed E-state index contributed by atoms with van der Waals surface area (Å²) >= 11 is 0. The number of rotatable bonds is 9. The Labute approximate surface area is 185 Å². The third-order valence-electron chi connectivity index (χ3n) is 5.83. The Bertz CT molecular complexity index is 813. The molecule has 0 aromatic heterocycles. The lowest BCUT2D eigenvalue weighted by Gasteiger charge is -2.39. The van der Waals surface area contributed by atoms with Gasteiger partial charge in [0.2, 0.25) is 11.8 Å². The molecular weight excluding hydrogens is 388 g/mol. The summed E-state index contributed by atoms with van der Waals surface area (Å²) in [6, 6.07) is 18.6. The van der Waals surface area contributed by atoms with Crippen molar-refractivity contribution in [2.45, 2.75) is 44.9 Å². The molecule has 6 heteroatoms. The van der Waals surface area contributed by atoms with Gasteiger partial charge in [0, 0.05) is 13.6 Å². The number of hydrogen-bond donors (Lipinski definition) is 2. The molecule has 3 N–H and O–H groups in total. The smallest absolute Gasteiger partial charge is 0.243 e. The van der Waals surface area contributed by atoms with Gasteiger partial charge in [-0.2, -0.15) is 0 Å². The summed E-state index contributed by atoms with van der Waals surface area (Å²) in [4.78, 5) is 30.1. The summed E-state index contributed by atoms with van der Waals surface area (Å²) in [5.74, 6) is -0.0147. The standard InChI is InChI=1S/C25H34N4O2/c1-18(2)16-21(26)25(31)29(17-23(30)28(3)22-14-15-27-22)24(19-10-6-4-7-11-19)20-12-8-5-9-13-20/h4-13,18,21-22,24,27H,14-17,26H2,1-3H3/t21-,22?/m0/s1. The molecule has 166 valence electrons. The molecule has 1 aliphatic rings. The van der Waals surface area contributed by atoms with E-state index < -0.39 is 6.04 Å². The van der Waals surface area contributed by atoms with Gasteiger partial charge >= 0.3 is 0 Å². The van der Waals surface area contributed by atoms with Crippen molar-refractivity contribution in [3.8, 4) is 0 Å². The largest absolute Gasteiger partial charge is 0.329 e. The second-order valence-electron chi connectivity index (χ2n) is 8.69. The molecule has 1 fully saturated rings. The number of nitrogens with two attached hydrogens (primary N) is 1. The molecule has 3 rings (SSSR count). The van der Waals surface area contributed by atoms with Crippen LogP contribution in [0.5, 0.6) is 0 Å². The minimum absolute atomic E-state index is 0.0201. The van der Waals surface area contributed by atoms with Gasteiger partial charge in [0.15, 0.2) is 0 Å². The van der Waals surface area contributed by atoms with Gasteiger partial charge in [-0.1, -0.05) is 74.5 Å². The Hall–Kier alpha value is -2.70. The van der Waals surface area contributed by atoms with E-state index in [-0.39, 0.29) is 36.5 Å². The molecule has 2 atom stereocenters. The maximum Gasteiger partial charge on any atom is 0.243 e. The number of carbonyl (C=O) groups is 2. The van der Waals surface area contributed by atoms with Crippen LogP contribution in [0, 0.1) is 5.92 Å². The van der Waals surface area contributed by atoms with Crippen molar-refractivity contribution >= 4 is 11.8 Å². The molecule has 2 aromatic carbocycles. The maximum absolute atomic E-state index is 13.6. The van der Waals surface area contributed by atoms with E-state index in [4.69, 9.17) is 5.73 Å². The van der Waals surface area contributed by atoms with Crippen LogP contribution in [0.15, 0.2) is 60.7 Å². The van der Waals surface area contributed by atoms with Crippen LogP contribution in [-0.4, -0.2) is 54.0 Å². The predicted octanol–water partition coefficient (Wildman–Crippen LogP) is 2.76. The number of nitrogens with one attached hydrogen (secondary N) is 1. The van der Waals surface area contributed by atoms with Gasteiger partial charge in [0.25, 0.3) is 0 Å². The highest BCUT2D eigenvalue weighted by Gasteiger charge is 2.34. The molecule has 0 aliphatic carbocycles. The summed E-state index contributed by atoms with van der Waals surface area (Å²) in [7, 11) is 1.79. The molecule has 0 bridgehead atoms. The number of nitrogens with zero attached hydrogens (tertiary/aromatic N) is 2.